The van der Waals surface area contributed by atoms with Gasteiger partial charge in [0.1, 0.15) is 0 Å². The molecule has 0 spiro atoms. The van der Waals surface area contributed by atoms with E-state index in [1.807, 2.05) is 66.7 Å². The number of carbonyl (C=O) groups excluding carboxylic acids is 2. The maximum Gasteiger partial charge on any atom is 0.224 e. The fraction of sp³-hybridized carbons (Fsp3) is 0.257. The van der Waals surface area contributed by atoms with Crippen molar-refractivity contribution in [3.8, 4) is 0 Å². The summed E-state index contributed by atoms with van der Waals surface area (Å²) in [4.78, 5) is 26.0. The number of para-hydroxylation sites is 2. The molecule has 1 heterocycles. The van der Waals surface area contributed by atoms with Crippen LogP contribution < -0.4 is 16.4 Å². The molecule has 0 radical (unpaired) electrons. The lowest BCUT2D eigenvalue weighted by Gasteiger charge is -2.36. The molecule has 0 saturated carbocycles. The van der Waals surface area contributed by atoms with Crippen LogP contribution in [-0.2, 0) is 25.7 Å². The van der Waals surface area contributed by atoms with E-state index in [-0.39, 0.29) is 43.5 Å². The predicted octanol–water partition coefficient (Wildman–Crippen LogP) is 6.85. The molecule has 3 atom stereocenters. The number of benzene rings is 4. The number of rotatable bonds is 12. The molecule has 0 aliphatic carbocycles. The molecule has 228 valence electrons. The molecule has 0 bridgehead atoms. The molecular formula is C35H37N3O5S. The Morgan fingerprint density at radius 1 is 0.795 bits per heavy atom. The molecule has 1 aliphatic rings. The van der Waals surface area contributed by atoms with E-state index in [9.17, 15) is 14.7 Å². The van der Waals surface area contributed by atoms with Crippen molar-refractivity contribution in [3.05, 3.63) is 120 Å². The average molecular weight is 612 g/mol. The van der Waals surface area contributed by atoms with E-state index in [2.05, 4.69) is 22.8 Å². The number of nitrogens with two attached hydrogens (primary N) is 1. The Morgan fingerprint density at radius 3 is 2.16 bits per heavy atom. The summed E-state index contributed by atoms with van der Waals surface area (Å²) in [6, 6.07) is 32.6. The molecular weight excluding hydrogens is 574 g/mol. The molecule has 1 fully saturated rings. The van der Waals surface area contributed by atoms with Crippen LogP contribution in [0.3, 0.4) is 0 Å². The number of thioether (sulfide) groups is 1. The molecule has 44 heavy (non-hydrogen) atoms. The van der Waals surface area contributed by atoms with Crippen LogP contribution >= 0.6 is 11.8 Å². The number of hydrogen-bond donors (Lipinski definition) is 4. The molecule has 5 N–H and O–H groups in total. The van der Waals surface area contributed by atoms with E-state index < -0.39 is 6.29 Å². The topological polar surface area (TPSA) is 123 Å². The smallest absolute Gasteiger partial charge is 0.224 e. The van der Waals surface area contributed by atoms with Gasteiger partial charge in [-0.3, -0.25) is 9.59 Å². The van der Waals surface area contributed by atoms with E-state index in [0.717, 1.165) is 22.4 Å². The molecule has 5 rings (SSSR count). The Balaban J connectivity index is 1.16. The van der Waals surface area contributed by atoms with E-state index >= 15 is 0 Å². The van der Waals surface area contributed by atoms with E-state index in [0.29, 0.717) is 29.9 Å². The number of amides is 2. The van der Waals surface area contributed by atoms with Crippen molar-refractivity contribution in [1.29, 1.82) is 0 Å². The summed E-state index contributed by atoms with van der Waals surface area (Å²) >= 11 is 1.75. The van der Waals surface area contributed by atoms with Crippen molar-refractivity contribution >= 4 is 40.6 Å². The summed E-state index contributed by atoms with van der Waals surface area (Å²) in [5.74, 6) is 0.426. The van der Waals surface area contributed by atoms with Crippen LogP contribution in [-0.4, -0.2) is 28.8 Å². The quantitative estimate of drug-likeness (QED) is 0.102. The number of nitrogens with one attached hydrogen (secondary N) is 2. The minimum absolute atomic E-state index is 0.00405. The largest absolute Gasteiger partial charge is 0.397 e. The van der Waals surface area contributed by atoms with Gasteiger partial charge < -0.3 is 30.9 Å². The normalized spacial score (nSPS) is 18.0. The monoisotopic (exact) mass is 611 g/mol. The van der Waals surface area contributed by atoms with Gasteiger partial charge in [0, 0.05) is 41.2 Å². The third-order valence-corrected chi connectivity index (χ3v) is 8.45. The van der Waals surface area contributed by atoms with Crippen LogP contribution in [0.4, 0.5) is 17.1 Å². The second kappa shape index (κ2) is 15.5. The first-order valence-corrected chi connectivity index (χ1v) is 15.7. The summed E-state index contributed by atoms with van der Waals surface area (Å²) in [5.41, 5.74) is 10.3. The summed E-state index contributed by atoms with van der Waals surface area (Å²) in [6.45, 7) is -0.00405. The minimum Gasteiger partial charge on any atom is -0.397 e. The molecule has 2 amide bonds. The van der Waals surface area contributed by atoms with Crippen molar-refractivity contribution in [2.24, 2.45) is 0 Å². The van der Waals surface area contributed by atoms with Gasteiger partial charge in [-0.15, -0.1) is 11.8 Å². The Kier molecular flexibility index (Phi) is 11.0. The maximum absolute atomic E-state index is 12.5. The van der Waals surface area contributed by atoms with Crippen LogP contribution in [0.25, 0.3) is 0 Å². The summed E-state index contributed by atoms with van der Waals surface area (Å²) < 4.78 is 12.9. The Labute approximate surface area is 262 Å². The molecule has 1 saturated heterocycles. The standard InChI is InChI=1S/C35H37N3O5S/c36-30-9-4-5-10-31(30)38-34(41)12-6-11-33(40)37-27-19-17-26(18-20-27)35-42-28(23-44-29-7-2-1-3-8-29)21-32(43-35)25-15-13-24(22-39)14-16-25/h1-5,7-10,13-20,28,32,35,39H,6,11-12,21-23,36H2,(H,37,40)(H,38,41)/t28-,32+,35+/m1/s1. The predicted molar refractivity (Wildman–Crippen MR) is 174 cm³/mol. The van der Waals surface area contributed by atoms with Crippen molar-refractivity contribution < 1.29 is 24.2 Å². The fourth-order valence-electron chi connectivity index (χ4n) is 4.91. The van der Waals surface area contributed by atoms with Gasteiger partial charge in [0.15, 0.2) is 6.29 Å². The van der Waals surface area contributed by atoms with Crippen LogP contribution in [0.5, 0.6) is 0 Å². The lowest BCUT2D eigenvalue weighted by Crippen LogP contribution is -2.31. The van der Waals surface area contributed by atoms with E-state index in [1.165, 1.54) is 4.90 Å². The molecule has 9 heteroatoms. The first kappa shape index (κ1) is 31.3. The number of hydrogen-bond acceptors (Lipinski definition) is 7. The van der Waals surface area contributed by atoms with Crippen LogP contribution in [0.1, 0.15) is 54.8 Å². The minimum atomic E-state index is -0.574. The van der Waals surface area contributed by atoms with Crippen molar-refractivity contribution in [2.75, 3.05) is 22.1 Å². The molecule has 0 unspecified atom stereocenters. The third kappa shape index (κ3) is 8.93. The van der Waals surface area contributed by atoms with Gasteiger partial charge in [-0.1, -0.05) is 66.7 Å². The zero-order chi connectivity index (χ0) is 30.7. The summed E-state index contributed by atoms with van der Waals surface area (Å²) in [5, 5.41) is 15.1. The van der Waals surface area contributed by atoms with Gasteiger partial charge in [0.25, 0.3) is 0 Å². The van der Waals surface area contributed by atoms with Crippen LogP contribution in [0, 0.1) is 0 Å². The first-order chi connectivity index (χ1) is 21.5. The SMILES string of the molecule is Nc1ccccc1NC(=O)CCCC(=O)Nc1ccc([C@H]2O[C@@H](CSc3ccccc3)C[C@@H](c3ccc(CO)cc3)O2)cc1. The Morgan fingerprint density at radius 2 is 1.45 bits per heavy atom. The maximum atomic E-state index is 12.5. The van der Waals surface area contributed by atoms with Crippen molar-refractivity contribution in [2.45, 2.75) is 55.7 Å². The Hall–Kier alpha value is -4.15. The van der Waals surface area contributed by atoms with Gasteiger partial charge in [0.05, 0.1) is 30.2 Å². The van der Waals surface area contributed by atoms with Crippen LogP contribution in [0.15, 0.2) is 108 Å². The molecule has 8 nitrogen and oxygen atoms in total. The van der Waals surface area contributed by atoms with Gasteiger partial charge in [-0.25, -0.2) is 0 Å². The fourth-order valence-corrected chi connectivity index (χ4v) is 5.85. The Bertz CT molecular complexity index is 1520. The highest BCUT2D eigenvalue weighted by molar-refractivity contribution is 7.99. The molecule has 1 aliphatic heterocycles. The number of anilines is 3. The first-order valence-electron chi connectivity index (χ1n) is 14.7. The number of aliphatic hydroxyl groups excluding tert-OH is 1. The van der Waals surface area contributed by atoms with Gasteiger partial charge in [-0.2, -0.15) is 0 Å². The molecule has 0 aromatic heterocycles. The highest BCUT2D eigenvalue weighted by Crippen LogP contribution is 2.39. The highest BCUT2D eigenvalue weighted by Gasteiger charge is 2.32. The van der Waals surface area contributed by atoms with E-state index in [4.69, 9.17) is 15.2 Å². The van der Waals surface area contributed by atoms with Crippen LogP contribution in [0.2, 0.25) is 0 Å². The molecule has 4 aromatic carbocycles. The molecule has 4 aromatic rings. The lowest BCUT2D eigenvalue weighted by molar-refractivity contribution is -0.245. The lowest BCUT2D eigenvalue weighted by atomic mass is 10.0. The average Bonchev–Trinajstić information content (AvgIpc) is 3.05. The zero-order valence-electron chi connectivity index (χ0n) is 24.4. The second-order valence-corrected chi connectivity index (χ2v) is 11.7. The van der Waals surface area contributed by atoms with Gasteiger partial charge in [0.2, 0.25) is 11.8 Å². The number of aliphatic hydroxyl groups is 1. The number of ether oxygens (including phenoxy) is 2. The number of carbonyl (C=O) groups is 2. The second-order valence-electron chi connectivity index (χ2n) is 10.6. The third-order valence-electron chi connectivity index (χ3n) is 7.30. The van der Waals surface area contributed by atoms with Gasteiger partial charge >= 0.3 is 0 Å². The summed E-state index contributed by atoms with van der Waals surface area (Å²) in [6.07, 6.45) is 0.759. The summed E-state index contributed by atoms with van der Waals surface area (Å²) in [7, 11) is 0. The number of nitrogen functional groups attached to an aromatic ring is 1. The highest BCUT2D eigenvalue weighted by atomic mass is 32.2. The van der Waals surface area contributed by atoms with Crippen molar-refractivity contribution in [3.63, 3.8) is 0 Å². The van der Waals surface area contributed by atoms with E-state index in [1.54, 1.807) is 36.0 Å². The zero-order valence-corrected chi connectivity index (χ0v) is 25.2. The van der Waals surface area contributed by atoms with Crippen molar-refractivity contribution in [1.82, 2.24) is 0 Å². The van der Waals surface area contributed by atoms with Gasteiger partial charge in [-0.05, 0) is 53.9 Å².